The fraction of sp³-hybridized carbons (Fsp3) is 0.231. The third-order valence-corrected chi connectivity index (χ3v) is 3.14. The summed E-state index contributed by atoms with van der Waals surface area (Å²) in [6.45, 7) is 0.569. The number of aromatic nitrogens is 3. The molecule has 1 heterocycles. The van der Waals surface area contributed by atoms with Gasteiger partial charge in [0.15, 0.2) is 0 Å². The molecule has 0 fully saturated rings. The quantitative estimate of drug-likeness (QED) is 0.841. The molecule has 2 rings (SSSR count). The second-order valence-electron chi connectivity index (χ2n) is 4.31. The first-order valence-corrected chi connectivity index (χ1v) is 6.83. The maximum atomic E-state index is 5.84. The van der Waals surface area contributed by atoms with Crippen LogP contribution < -0.4 is 15.4 Å². The van der Waals surface area contributed by atoms with E-state index in [-0.39, 0.29) is 11.3 Å². The van der Waals surface area contributed by atoms with E-state index in [4.69, 9.17) is 34.3 Å². The Kier molecular flexibility index (Phi) is 4.87. The van der Waals surface area contributed by atoms with Crippen molar-refractivity contribution in [3.8, 4) is 6.01 Å². The summed E-state index contributed by atoms with van der Waals surface area (Å²) < 4.78 is 4.98. The van der Waals surface area contributed by atoms with Gasteiger partial charge in [0.25, 0.3) is 0 Å². The monoisotopic (exact) mass is 323 g/mol. The highest BCUT2D eigenvalue weighted by Gasteiger charge is 2.10. The fourth-order valence-corrected chi connectivity index (χ4v) is 2.03. The van der Waals surface area contributed by atoms with Crippen molar-refractivity contribution in [2.45, 2.75) is 6.54 Å². The summed E-state index contributed by atoms with van der Waals surface area (Å²) in [6.07, 6.45) is 0. The van der Waals surface area contributed by atoms with E-state index >= 15 is 0 Å². The maximum absolute atomic E-state index is 5.84. The average Bonchev–Trinajstić information content (AvgIpc) is 2.46. The Bertz CT molecular complexity index is 667. The van der Waals surface area contributed by atoms with Crippen molar-refractivity contribution in [1.82, 2.24) is 15.0 Å². The van der Waals surface area contributed by atoms with Crippen LogP contribution in [0.1, 0.15) is 11.1 Å². The van der Waals surface area contributed by atoms with E-state index in [9.17, 15) is 0 Å². The molecule has 8 heteroatoms. The average molecular weight is 324 g/mol. The molecule has 0 amide bonds. The van der Waals surface area contributed by atoms with Gasteiger partial charge in [-0.05, 0) is 23.2 Å². The minimum absolute atomic E-state index is 0.0839. The van der Waals surface area contributed by atoms with Crippen LogP contribution in [0.25, 0.3) is 0 Å². The third-order valence-electron chi connectivity index (χ3n) is 2.73. The number of anilines is 1. The van der Waals surface area contributed by atoms with E-state index in [0.717, 1.165) is 11.1 Å². The number of methoxy groups -OCH3 is 1. The second kappa shape index (κ2) is 6.64. The number of rotatable bonds is 5. The van der Waals surface area contributed by atoms with Crippen LogP contribution in [0.4, 0.5) is 5.95 Å². The van der Waals surface area contributed by atoms with Crippen LogP contribution in [-0.4, -0.2) is 34.1 Å². The standard InChI is InChI=1S/C13H14ClN5OS/c1-19(12-16-11(14)17-13(18-12)20-2)7-8-4-3-5-9(6-8)10(15)21/h3-6H,7H2,1-2H3,(H2,15,21). The minimum atomic E-state index is 0.0839. The number of ether oxygens (including phenoxy) is 1. The lowest BCUT2D eigenvalue weighted by atomic mass is 10.1. The first kappa shape index (κ1) is 15.4. The molecule has 1 aromatic carbocycles. The fourth-order valence-electron chi connectivity index (χ4n) is 1.75. The number of halogens is 1. The topological polar surface area (TPSA) is 77.2 Å². The zero-order valence-electron chi connectivity index (χ0n) is 11.6. The molecule has 1 aromatic heterocycles. The largest absolute Gasteiger partial charge is 0.467 e. The number of nitrogens with two attached hydrogens (primary N) is 1. The summed E-state index contributed by atoms with van der Waals surface area (Å²) >= 11 is 10.8. The van der Waals surface area contributed by atoms with Crippen LogP contribution in [0, 0.1) is 0 Å². The van der Waals surface area contributed by atoms with Crippen molar-refractivity contribution in [3.63, 3.8) is 0 Å². The molecule has 2 aromatic rings. The van der Waals surface area contributed by atoms with Gasteiger partial charge in [-0.3, -0.25) is 0 Å². The Morgan fingerprint density at radius 2 is 2.14 bits per heavy atom. The summed E-state index contributed by atoms with van der Waals surface area (Å²) in [4.78, 5) is 14.3. The Morgan fingerprint density at radius 1 is 1.38 bits per heavy atom. The van der Waals surface area contributed by atoms with Crippen LogP contribution in [0.3, 0.4) is 0 Å². The Balaban J connectivity index is 2.21. The van der Waals surface area contributed by atoms with E-state index in [2.05, 4.69) is 15.0 Å². The summed E-state index contributed by atoms with van der Waals surface area (Å²) in [5.41, 5.74) is 7.48. The molecule has 0 saturated heterocycles. The van der Waals surface area contributed by atoms with E-state index < -0.39 is 0 Å². The van der Waals surface area contributed by atoms with Gasteiger partial charge in [-0.25, -0.2) is 0 Å². The van der Waals surface area contributed by atoms with E-state index in [0.29, 0.717) is 17.5 Å². The van der Waals surface area contributed by atoms with Crippen molar-refractivity contribution in [2.24, 2.45) is 5.73 Å². The maximum Gasteiger partial charge on any atom is 0.322 e. The SMILES string of the molecule is COc1nc(Cl)nc(N(C)Cc2cccc(C(N)=S)c2)n1. The zero-order chi connectivity index (χ0) is 15.4. The highest BCUT2D eigenvalue weighted by molar-refractivity contribution is 7.80. The van der Waals surface area contributed by atoms with Crippen molar-refractivity contribution < 1.29 is 4.74 Å². The highest BCUT2D eigenvalue weighted by atomic mass is 35.5. The summed E-state index contributed by atoms with van der Waals surface area (Å²) in [5.74, 6) is 0.424. The Labute approximate surface area is 132 Å². The van der Waals surface area contributed by atoms with Crippen molar-refractivity contribution >= 4 is 34.8 Å². The lowest BCUT2D eigenvalue weighted by Crippen LogP contribution is -2.20. The van der Waals surface area contributed by atoms with Crippen molar-refractivity contribution in [1.29, 1.82) is 0 Å². The number of hydrogen-bond donors (Lipinski definition) is 1. The number of hydrogen-bond acceptors (Lipinski definition) is 6. The van der Waals surface area contributed by atoms with Crippen LogP contribution in [0.5, 0.6) is 6.01 Å². The molecule has 0 spiro atoms. The van der Waals surface area contributed by atoms with Gasteiger partial charge in [0.2, 0.25) is 11.2 Å². The summed E-state index contributed by atoms with van der Waals surface area (Å²) in [7, 11) is 3.32. The smallest absolute Gasteiger partial charge is 0.322 e. The number of nitrogens with zero attached hydrogens (tertiary/aromatic N) is 4. The van der Waals surface area contributed by atoms with Gasteiger partial charge in [0.05, 0.1) is 7.11 Å². The molecule has 21 heavy (non-hydrogen) atoms. The van der Waals surface area contributed by atoms with E-state index in [1.165, 1.54) is 7.11 Å². The normalized spacial score (nSPS) is 10.2. The Hall–Kier alpha value is -1.99. The van der Waals surface area contributed by atoms with Gasteiger partial charge < -0.3 is 15.4 Å². The first-order valence-electron chi connectivity index (χ1n) is 6.05. The molecular weight excluding hydrogens is 310 g/mol. The predicted molar refractivity (Wildman–Crippen MR) is 85.8 cm³/mol. The molecule has 0 unspecified atom stereocenters. The summed E-state index contributed by atoms with van der Waals surface area (Å²) in [6, 6.07) is 7.85. The van der Waals surface area contributed by atoms with Crippen molar-refractivity contribution in [3.05, 3.63) is 40.7 Å². The molecule has 0 radical (unpaired) electrons. The van der Waals surface area contributed by atoms with Crippen LogP contribution in [0.2, 0.25) is 5.28 Å². The molecule has 2 N–H and O–H groups in total. The van der Waals surface area contributed by atoms with Gasteiger partial charge >= 0.3 is 6.01 Å². The van der Waals surface area contributed by atoms with Gasteiger partial charge in [-0.1, -0.05) is 30.4 Å². The van der Waals surface area contributed by atoms with Crippen molar-refractivity contribution in [2.75, 3.05) is 19.1 Å². The van der Waals surface area contributed by atoms with Gasteiger partial charge in [0.1, 0.15) is 4.99 Å². The van der Waals surface area contributed by atoms with Crippen LogP contribution >= 0.6 is 23.8 Å². The summed E-state index contributed by atoms with van der Waals surface area (Å²) in [5, 5.41) is 0.0839. The molecule has 0 saturated carbocycles. The molecule has 0 bridgehead atoms. The van der Waals surface area contributed by atoms with Gasteiger partial charge in [0, 0.05) is 19.2 Å². The molecule has 6 nitrogen and oxygen atoms in total. The number of thiocarbonyl (C=S) groups is 1. The zero-order valence-corrected chi connectivity index (χ0v) is 13.1. The number of benzene rings is 1. The van der Waals surface area contributed by atoms with Gasteiger partial charge in [-0.2, -0.15) is 15.0 Å². The minimum Gasteiger partial charge on any atom is -0.467 e. The molecule has 110 valence electrons. The third kappa shape index (κ3) is 3.99. The molecule has 0 aliphatic rings. The lowest BCUT2D eigenvalue weighted by Gasteiger charge is -2.17. The predicted octanol–water partition coefficient (Wildman–Crippen LogP) is 1.80. The van der Waals surface area contributed by atoms with Gasteiger partial charge in [-0.15, -0.1) is 0 Å². The Morgan fingerprint density at radius 3 is 2.81 bits per heavy atom. The van der Waals surface area contributed by atoms with E-state index in [1.54, 1.807) is 0 Å². The lowest BCUT2D eigenvalue weighted by molar-refractivity contribution is 0.378. The van der Waals surface area contributed by atoms with E-state index in [1.807, 2.05) is 36.2 Å². The van der Waals surface area contributed by atoms with Crippen LogP contribution in [-0.2, 0) is 6.54 Å². The second-order valence-corrected chi connectivity index (χ2v) is 5.09. The molecule has 0 aliphatic heterocycles. The molecule has 0 aliphatic carbocycles. The molecule has 0 atom stereocenters. The first-order chi connectivity index (χ1) is 9.99. The molecular formula is C13H14ClN5OS. The highest BCUT2D eigenvalue weighted by Crippen LogP contribution is 2.16. The van der Waals surface area contributed by atoms with Crippen LogP contribution in [0.15, 0.2) is 24.3 Å².